The monoisotopic (exact) mass is 400 g/mol. The van der Waals surface area contributed by atoms with E-state index in [2.05, 4.69) is 18.1 Å². The third-order valence-electron chi connectivity index (χ3n) is 3.96. The molecule has 0 aliphatic carbocycles. The third-order valence-corrected chi connectivity index (χ3v) is 4.20. The molecule has 0 bridgehead atoms. The fraction of sp³-hybridized carbons (Fsp3) is 0.158. The van der Waals surface area contributed by atoms with Crippen LogP contribution in [0.1, 0.15) is 5.89 Å². The van der Waals surface area contributed by atoms with Crippen molar-refractivity contribution in [3.05, 3.63) is 98.1 Å². The van der Waals surface area contributed by atoms with Gasteiger partial charge in [0.25, 0.3) is 0 Å². The minimum atomic E-state index is -0.766. The molecule has 1 aromatic carbocycles. The first-order valence-electron chi connectivity index (χ1n) is 8.33. The van der Waals surface area contributed by atoms with Gasteiger partial charge in [-0.3, -0.25) is 0 Å². The topological polar surface area (TPSA) is 92.0 Å². The van der Waals surface area contributed by atoms with Crippen LogP contribution in [0, 0.1) is 0 Å². The van der Waals surface area contributed by atoms with Crippen LogP contribution in [0.25, 0.3) is 11.3 Å². The highest BCUT2D eigenvalue weighted by molar-refractivity contribution is 6.30. The second-order valence-corrected chi connectivity index (χ2v) is 6.30. The van der Waals surface area contributed by atoms with E-state index >= 15 is 0 Å². The number of halogens is 1. The van der Waals surface area contributed by atoms with E-state index in [0.717, 1.165) is 13.7 Å². The lowest BCUT2D eigenvalue weighted by atomic mass is 10.2. The zero-order valence-corrected chi connectivity index (χ0v) is 15.6. The molecule has 0 aliphatic heterocycles. The summed E-state index contributed by atoms with van der Waals surface area (Å²) in [6.45, 7) is 6.78. The van der Waals surface area contributed by atoms with Gasteiger partial charge < -0.3 is 4.42 Å². The summed E-state index contributed by atoms with van der Waals surface area (Å²) in [5, 5.41) is 0.537. The lowest BCUT2D eigenvalue weighted by Gasteiger charge is -2.10. The van der Waals surface area contributed by atoms with E-state index in [1.165, 1.54) is 18.3 Å². The first kappa shape index (κ1) is 19.4. The largest absolute Gasteiger partial charge is 0.439 e. The number of aromatic nitrogens is 4. The predicted molar refractivity (Wildman–Crippen MR) is 106 cm³/mol. The zero-order valence-electron chi connectivity index (χ0n) is 14.9. The third kappa shape index (κ3) is 3.67. The van der Waals surface area contributed by atoms with Gasteiger partial charge in [-0.05, 0) is 12.1 Å². The fourth-order valence-corrected chi connectivity index (χ4v) is 2.87. The SMILES string of the molecule is C=CCn1c(=O)n(CC=C)c(=O)n(Cc2ncc(-c3cccc(Cl)c3)o2)c1=O. The van der Waals surface area contributed by atoms with Gasteiger partial charge in [-0.1, -0.05) is 35.9 Å². The molecule has 0 unspecified atom stereocenters. The molecule has 3 aromatic rings. The van der Waals surface area contributed by atoms with Gasteiger partial charge in [0.05, 0.1) is 19.3 Å². The van der Waals surface area contributed by atoms with Gasteiger partial charge in [0, 0.05) is 10.6 Å². The molecule has 0 saturated heterocycles. The number of benzene rings is 1. The second-order valence-electron chi connectivity index (χ2n) is 5.86. The Bertz CT molecular complexity index is 1170. The van der Waals surface area contributed by atoms with E-state index in [4.69, 9.17) is 16.0 Å². The number of hydrogen-bond acceptors (Lipinski definition) is 5. The van der Waals surface area contributed by atoms with Gasteiger partial charge >= 0.3 is 17.1 Å². The van der Waals surface area contributed by atoms with Crippen molar-refractivity contribution >= 4 is 11.6 Å². The number of allylic oxidation sites excluding steroid dienone is 2. The molecular formula is C19H17ClN4O4. The summed E-state index contributed by atoms with van der Waals surface area (Å²) < 4.78 is 8.38. The molecule has 2 aromatic heterocycles. The van der Waals surface area contributed by atoms with Gasteiger partial charge in [0.1, 0.15) is 6.54 Å². The Hall–Kier alpha value is -3.39. The number of hydrogen-bond donors (Lipinski definition) is 0. The van der Waals surface area contributed by atoms with Crippen LogP contribution in [-0.2, 0) is 19.6 Å². The fourth-order valence-electron chi connectivity index (χ4n) is 2.68. The van der Waals surface area contributed by atoms with Crippen molar-refractivity contribution in [3.8, 4) is 11.3 Å². The van der Waals surface area contributed by atoms with Crippen molar-refractivity contribution in [2.24, 2.45) is 0 Å². The summed E-state index contributed by atoms with van der Waals surface area (Å²) in [6.07, 6.45) is 4.28. The van der Waals surface area contributed by atoms with E-state index in [9.17, 15) is 14.4 Å². The Morgan fingerprint density at radius 1 is 1.00 bits per heavy atom. The normalized spacial score (nSPS) is 10.8. The van der Waals surface area contributed by atoms with Crippen LogP contribution in [-0.4, -0.2) is 18.7 Å². The second kappa shape index (κ2) is 8.10. The molecule has 0 N–H and O–H groups in total. The van der Waals surface area contributed by atoms with Crippen LogP contribution < -0.4 is 17.1 Å². The maximum absolute atomic E-state index is 12.6. The van der Waals surface area contributed by atoms with Crippen molar-refractivity contribution < 1.29 is 4.42 Å². The molecule has 0 saturated carbocycles. The number of oxazole rings is 1. The van der Waals surface area contributed by atoms with E-state index in [1.807, 2.05) is 0 Å². The molecule has 0 atom stereocenters. The highest BCUT2D eigenvalue weighted by Crippen LogP contribution is 2.23. The zero-order chi connectivity index (χ0) is 20.3. The Balaban J connectivity index is 2.06. The van der Waals surface area contributed by atoms with Crippen LogP contribution in [0.4, 0.5) is 0 Å². The van der Waals surface area contributed by atoms with Gasteiger partial charge in [0.2, 0.25) is 5.89 Å². The maximum atomic E-state index is 12.6. The Kier molecular flexibility index (Phi) is 5.60. The summed E-state index contributed by atoms with van der Waals surface area (Å²) in [7, 11) is 0. The molecule has 144 valence electrons. The van der Waals surface area contributed by atoms with E-state index in [0.29, 0.717) is 16.3 Å². The number of nitrogens with zero attached hydrogens (tertiary/aromatic N) is 4. The molecule has 0 aliphatic rings. The summed E-state index contributed by atoms with van der Waals surface area (Å²) in [6, 6.07) is 7.00. The van der Waals surface area contributed by atoms with Crippen molar-refractivity contribution in [1.29, 1.82) is 0 Å². The molecule has 0 amide bonds. The van der Waals surface area contributed by atoms with Gasteiger partial charge in [-0.2, -0.15) is 0 Å². The molecule has 28 heavy (non-hydrogen) atoms. The molecular weight excluding hydrogens is 384 g/mol. The minimum absolute atomic E-state index is 0.0333. The lowest BCUT2D eigenvalue weighted by Crippen LogP contribution is -2.54. The van der Waals surface area contributed by atoms with Crippen molar-refractivity contribution in [2.45, 2.75) is 19.6 Å². The van der Waals surface area contributed by atoms with Crippen molar-refractivity contribution in [1.82, 2.24) is 18.7 Å². The van der Waals surface area contributed by atoms with E-state index < -0.39 is 17.1 Å². The van der Waals surface area contributed by atoms with Crippen LogP contribution in [0.3, 0.4) is 0 Å². The number of rotatable bonds is 7. The highest BCUT2D eigenvalue weighted by atomic mass is 35.5. The average molecular weight is 401 g/mol. The summed E-state index contributed by atoms with van der Waals surface area (Å²) in [4.78, 5) is 41.8. The van der Waals surface area contributed by atoms with E-state index in [-0.39, 0.29) is 25.5 Å². The molecule has 0 spiro atoms. The standard InChI is InChI=1S/C19H17ClN4O4/c1-3-8-22-17(25)23(9-4-2)19(27)24(18(22)26)12-16-21-11-15(28-16)13-6-5-7-14(20)10-13/h3-7,10-11H,1-2,8-9,12H2. The summed E-state index contributed by atoms with van der Waals surface area (Å²) >= 11 is 5.98. The van der Waals surface area contributed by atoms with Crippen molar-refractivity contribution in [3.63, 3.8) is 0 Å². The minimum Gasteiger partial charge on any atom is -0.439 e. The Morgan fingerprint density at radius 3 is 2.18 bits per heavy atom. The Morgan fingerprint density at radius 2 is 1.61 bits per heavy atom. The van der Waals surface area contributed by atoms with Gasteiger partial charge in [0.15, 0.2) is 5.76 Å². The maximum Gasteiger partial charge on any atom is 0.337 e. The van der Waals surface area contributed by atoms with Gasteiger partial charge in [-0.25, -0.2) is 33.1 Å². The average Bonchev–Trinajstić information content (AvgIpc) is 3.15. The highest BCUT2D eigenvalue weighted by Gasteiger charge is 2.16. The summed E-state index contributed by atoms with van der Waals surface area (Å²) in [5.41, 5.74) is -1.55. The van der Waals surface area contributed by atoms with Crippen LogP contribution in [0.15, 0.2) is 74.6 Å². The van der Waals surface area contributed by atoms with Gasteiger partial charge in [-0.15, -0.1) is 13.2 Å². The van der Waals surface area contributed by atoms with Crippen LogP contribution in [0.5, 0.6) is 0 Å². The van der Waals surface area contributed by atoms with Crippen molar-refractivity contribution in [2.75, 3.05) is 0 Å². The molecule has 0 radical (unpaired) electrons. The van der Waals surface area contributed by atoms with Crippen LogP contribution in [0.2, 0.25) is 5.02 Å². The molecule has 8 nitrogen and oxygen atoms in total. The first-order chi connectivity index (χ1) is 13.5. The smallest absolute Gasteiger partial charge is 0.337 e. The Labute approximate surface area is 164 Å². The van der Waals surface area contributed by atoms with E-state index in [1.54, 1.807) is 24.3 Å². The molecule has 9 heteroatoms. The molecule has 3 rings (SSSR count). The van der Waals surface area contributed by atoms with Crippen LogP contribution >= 0.6 is 11.6 Å². The first-order valence-corrected chi connectivity index (χ1v) is 8.71. The lowest BCUT2D eigenvalue weighted by molar-refractivity contribution is 0.441. The quantitative estimate of drug-likeness (QED) is 0.565. The predicted octanol–water partition coefficient (Wildman–Crippen LogP) is 1.90. The summed E-state index contributed by atoms with van der Waals surface area (Å²) in [5.74, 6) is 0.583. The molecule has 2 heterocycles. The molecule has 0 fully saturated rings.